The predicted molar refractivity (Wildman–Crippen MR) is 84.5 cm³/mol. The van der Waals surface area contributed by atoms with E-state index >= 15 is 0 Å². The van der Waals surface area contributed by atoms with Gasteiger partial charge >= 0.3 is 0 Å². The summed E-state index contributed by atoms with van der Waals surface area (Å²) in [5.41, 5.74) is 1.57. The minimum Gasteiger partial charge on any atom is -0.297 e. The lowest BCUT2D eigenvalue weighted by molar-refractivity contribution is 0.167. The van der Waals surface area contributed by atoms with Crippen molar-refractivity contribution in [3.8, 4) is 6.07 Å². The maximum Gasteiger partial charge on any atom is 0.0635 e. The number of hydrogen-bond donors (Lipinski definition) is 1. The van der Waals surface area contributed by atoms with Crippen molar-refractivity contribution in [1.82, 2.24) is 9.88 Å². The van der Waals surface area contributed by atoms with E-state index in [1.807, 2.05) is 12.3 Å². The molecule has 1 fully saturated rings. The summed E-state index contributed by atoms with van der Waals surface area (Å²) in [7, 11) is 0. The molecule has 20 heavy (non-hydrogen) atoms. The molecule has 0 unspecified atom stereocenters. The Bertz CT molecular complexity index is 435. The van der Waals surface area contributed by atoms with Crippen LogP contribution in [-0.4, -0.2) is 28.7 Å². The Morgan fingerprint density at radius 3 is 2.80 bits per heavy atom. The monoisotopic (exact) mass is 289 g/mol. The minimum absolute atomic E-state index is 0.348. The van der Waals surface area contributed by atoms with Gasteiger partial charge in [-0.25, -0.2) is 0 Å². The number of rotatable bonds is 7. The van der Waals surface area contributed by atoms with Crippen molar-refractivity contribution in [2.45, 2.75) is 38.6 Å². The van der Waals surface area contributed by atoms with Gasteiger partial charge in [0.2, 0.25) is 0 Å². The lowest BCUT2D eigenvalue weighted by Crippen LogP contribution is -2.37. The van der Waals surface area contributed by atoms with Crippen LogP contribution in [0.4, 0.5) is 0 Å². The summed E-state index contributed by atoms with van der Waals surface area (Å²) in [4.78, 5) is 6.59. The van der Waals surface area contributed by atoms with E-state index in [0.29, 0.717) is 11.8 Å². The fourth-order valence-corrected chi connectivity index (χ4v) is 3.55. The van der Waals surface area contributed by atoms with Gasteiger partial charge in [0.15, 0.2) is 0 Å². The van der Waals surface area contributed by atoms with Crippen LogP contribution in [0, 0.1) is 16.7 Å². The Kier molecular flexibility index (Phi) is 5.87. The standard InChI is InChI=1S/C16H23N3S/c17-8-4-10-19(12-15-5-3-9-18-11-15)13-16(14-20)6-1-2-7-16/h3,5,9,11,20H,1-2,4,6-7,10,12-14H2. The molecular formula is C16H23N3S. The van der Waals surface area contributed by atoms with E-state index in [1.54, 1.807) is 6.20 Å². The first-order valence-corrected chi connectivity index (χ1v) is 8.00. The van der Waals surface area contributed by atoms with E-state index in [-0.39, 0.29) is 0 Å². The second-order valence-electron chi connectivity index (χ2n) is 5.85. The van der Waals surface area contributed by atoms with E-state index in [9.17, 15) is 0 Å². The van der Waals surface area contributed by atoms with E-state index in [4.69, 9.17) is 5.26 Å². The smallest absolute Gasteiger partial charge is 0.0635 e. The van der Waals surface area contributed by atoms with Crippen LogP contribution in [0.2, 0.25) is 0 Å². The number of hydrogen-bond acceptors (Lipinski definition) is 4. The first kappa shape index (κ1) is 15.3. The highest BCUT2D eigenvalue weighted by atomic mass is 32.1. The highest BCUT2D eigenvalue weighted by molar-refractivity contribution is 7.80. The van der Waals surface area contributed by atoms with Gasteiger partial charge < -0.3 is 0 Å². The van der Waals surface area contributed by atoms with Crippen LogP contribution < -0.4 is 0 Å². The molecule has 0 aliphatic heterocycles. The summed E-state index contributed by atoms with van der Waals surface area (Å²) in [6.07, 6.45) is 9.48. The zero-order chi connectivity index (χ0) is 14.3. The number of nitriles is 1. The molecule has 1 aliphatic carbocycles. The summed E-state index contributed by atoms with van der Waals surface area (Å²) in [6, 6.07) is 6.34. The van der Waals surface area contributed by atoms with Gasteiger partial charge in [-0.15, -0.1) is 0 Å². The van der Waals surface area contributed by atoms with E-state index in [2.05, 4.69) is 34.6 Å². The zero-order valence-electron chi connectivity index (χ0n) is 12.0. The van der Waals surface area contributed by atoms with Crippen molar-refractivity contribution < 1.29 is 0 Å². The Labute approximate surface area is 127 Å². The molecule has 3 nitrogen and oxygen atoms in total. The van der Waals surface area contributed by atoms with Crippen LogP contribution in [0.3, 0.4) is 0 Å². The highest BCUT2D eigenvalue weighted by Gasteiger charge is 2.34. The molecule has 4 heteroatoms. The van der Waals surface area contributed by atoms with Crippen LogP contribution in [-0.2, 0) is 6.54 Å². The van der Waals surface area contributed by atoms with Gasteiger partial charge in [-0.1, -0.05) is 18.9 Å². The fraction of sp³-hybridized carbons (Fsp3) is 0.625. The minimum atomic E-state index is 0.348. The van der Waals surface area contributed by atoms with Gasteiger partial charge in [-0.3, -0.25) is 9.88 Å². The van der Waals surface area contributed by atoms with Gasteiger partial charge in [0.25, 0.3) is 0 Å². The SMILES string of the molecule is N#CCCN(Cc1cccnc1)CC1(CS)CCCC1. The van der Waals surface area contributed by atoms with E-state index in [1.165, 1.54) is 31.2 Å². The van der Waals surface area contributed by atoms with Crippen molar-refractivity contribution >= 4 is 12.6 Å². The highest BCUT2D eigenvalue weighted by Crippen LogP contribution is 2.39. The van der Waals surface area contributed by atoms with Gasteiger partial charge in [-0.05, 0) is 35.6 Å². The molecule has 2 rings (SSSR count). The first-order chi connectivity index (χ1) is 9.78. The second kappa shape index (κ2) is 7.66. The van der Waals surface area contributed by atoms with Crippen LogP contribution in [0.1, 0.15) is 37.7 Å². The molecule has 0 radical (unpaired) electrons. The molecule has 1 aromatic heterocycles. The third-order valence-electron chi connectivity index (χ3n) is 4.23. The van der Waals surface area contributed by atoms with Crippen molar-refractivity contribution in [3.63, 3.8) is 0 Å². The van der Waals surface area contributed by atoms with Crippen LogP contribution in [0.15, 0.2) is 24.5 Å². The quantitative estimate of drug-likeness (QED) is 0.783. The molecule has 0 N–H and O–H groups in total. The predicted octanol–water partition coefficient (Wildman–Crippen LogP) is 3.29. The molecule has 1 aromatic rings. The molecule has 1 saturated carbocycles. The van der Waals surface area contributed by atoms with Crippen LogP contribution in [0.5, 0.6) is 0 Å². The third kappa shape index (κ3) is 4.22. The van der Waals surface area contributed by atoms with Gasteiger partial charge in [0.05, 0.1) is 6.07 Å². The molecule has 0 bridgehead atoms. The van der Waals surface area contributed by atoms with Crippen molar-refractivity contribution in [2.24, 2.45) is 5.41 Å². The zero-order valence-corrected chi connectivity index (χ0v) is 12.9. The van der Waals surface area contributed by atoms with Gasteiger partial charge in [0.1, 0.15) is 0 Å². The number of pyridine rings is 1. The first-order valence-electron chi connectivity index (χ1n) is 7.37. The normalized spacial score (nSPS) is 17.2. The van der Waals surface area contributed by atoms with Crippen LogP contribution >= 0.6 is 12.6 Å². The largest absolute Gasteiger partial charge is 0.297 e. The molecule has 0 spiro atoms. The summed E-state index contributed by atoms with van der Waals surface area (Å²) in [6.45, 7) is 2.76. The van der Waals surface area contributed by atoms with Crippen molar-refractivity contribution in [1.29, 1.82) is 5.26 Å². The fourth-order valence-electron chi connectivity index (χ4n) is 3.14. The van der Waals surface area contributed by atoms with Gasteiger partial charge in [-0.2, -0.15) is 17.9 Å². The molecule has 0 saturated heterocycles. The van der Waals surface area contributed by atoms with Crippen LogP contribution in [0.25, 0.3) is 0 Å². The molecule has 1 heterocycles. The maximum absolute atomic E-state index is 8.86. The Balaban J connectivity index is 2.01. The number of thiol groups is 1. The maximum atomic E-state index is 8.86. The molecule has 0 aromatic carbocycles. The molecule has 0 atom stereocenters. The lowest BCUT2D eigenvalue weighted by Gasteiger charge is -2.34. The topological polar surface area (TPSA) is 39.9 Å². The van der Waals surface area contributed by atoms with Crippen molar-refractivity contribution in [2.75, 3.05) is 18.8 Å². The Morgan fingerprint density at radius 2 is 2.20 bits per heavy atom. The van der Waals surface area contributed by atoms with E-state index < -0.39 is 0 Å². The second-order valence-corrected chi connectivity index (χ2v) is 6.16. The average molecular weight is 289 g/mol. The summed E-state index contributed by atoms with van der Waals surface area (Å²) in [5.74, 6) is 0.948. The third-order valence-corrected chi connectivity index (χ3v) is 4.90. The molecular weight excluding hydrogens is 266 g/mol. The van der Waals surface area contributed by atoms with Crippen molar-refractivity contribution in [3.05, 3.63) is 30.1 Å². The summed E-state index contributed by atoms with van der Waals surface area (Å²) < 4.78 is 0. The van der Waals surface area contributed by atoms with E-state index in [0.717, 1.165) is 25.4 Å². The number of nitrogens with zero attached hydrogens (tertiary/aromatic N) is 3. The Morgan fingerprint density at radius 1 is 1.40 bits per heavy atom. The molecule has 1 aliphatic rings. The average Bonchev–Trinajstić information content (AvgIpc) is 2.95. The number of aromatic nitrogens is 1. The van der Waals surface area contributed by atoms with Gasteiger partial charge in [0, 0.05) is 38.4 Å². The lowest BCUT2D eigenvalue weighted by atomic mass is 9.87. The molecule has 0 amide bonds. The summed E-state index contributed by atoms with van der Waals surface area (Å²) >= 11 is 4.59. The summed E-state index contributed by atoms with van der Waals surface area (Å²) in [5, 5.41) is 8.86. The Hall–Kier alpha value is -1.05. The molecule has 108 valence electrons.